The zero-order chi connectivity index (χ0) is 20.4. The Morgan fingerprint density at radius 2 is 1.86 bits per heavy atom. The fourth-order valence-electron chi connectivity index (χ4n) is 3.15. The second kappa shape index (κ2) is 8.56. The molecule has 1 aromatic heterocycles. The molecule has 152 valence electrons. The van der Waals surface area contributed by atoms with Gasteiger partial charge in [0.15, 0.2) is 6.23 Å². The van der Waals surface area contributed by atoms with Crippen molar-refractivity contribution in [3.05, 3.63) is 35.0 Å². The first-order valence-corrected chi connectivity index (χ1v) is 9.23. The molecule has 1 aliphatic rings. The maximum Gasteiger partial charge on any atom is 0.226 e. The highest BCUT2D eigenvalue weighted by Gasteiger charge is 2.43. The summed E-state index contributed by atoms with van der Waals surface area (Å²) in [6, 6.07) is 7.21. The van der Waals surface area contributed by atoms with Crippen LogP contribution >= 0.6 is 11.6 Å². The van der Waals surface area contributed by atoms with Crippen molar-refractivity contribution in [3.8, 4) is 11.1 Å². The van der Waals surface area contributed by atoms with E-state index in [1.54, 1.807) is 6.07 Å². The molecule has 0 saturated carbocycles. The van der Waals surface area contributed by atoms with Gasteiger partial charge in [-0.15, -0.1) is 0 Å². The molecule has 0 bridgehead atoms. The molecule has 1 aliphatic heterocycles. The van der Waals surface area contributed by atoms with E-state index in [1.165, 1.54) is 0 Å². The lowest BCUT2D eigenvalue weighted by atomic mass is 9.98. The van der Waals surface area contributed by atoms with Gasteiger partial charge in [-0.05, 0) is 12.5 Å². The third kappa shape index (κ3) is 3.90. The summed E-state index contributed by atoms with van der Waals surface area (Å²) in [6.45, 7) is 1.37. The van der Waals surface area contributed by atoms with Crippen LogP contribution in [0.2, 0.25) is 5.02 Å². The van der Waals surface area contributed by atoms with Gasteiger partial charge < -0.3 is 36.2 Å². The van der Waals surface area contributed by atoms with Gasteiger partial charge in [0.1, 0.15) is 30.2 Å². The highest BCUT2D eigenvalue weighted by Crippen LogP contribution is 2.34. The van der Waals surface area contributed by atoms with Gasteiger partial charge in [-0.3, -0.25) is 0 Å². The summed E-state index contributed by atoms with van der Waals surface area (Å²) < 4.78 is 5.42. The first kappa shape index (κ1) is 20.7. The number of aliphatic hydroxyl groups excluding tert-OH is 4. The Morgan fingerprint density at radius 3 is 2.50 bits per heavy atom. The number of nitrogens with one attached hydrogen (secondary N) is 1. The number of hydrogen-bond donors (Lipinski definition) is 6. The van der Waals surface area contributed by atoms with E-state index in [0.29, 0.717) is 28.3 Å². The van der Waals surface area contributed by atoms with Crippen molar-refractivity contribution < 1.29 is 25.2 Å². The number of nitrogen functional groups attached to an aromatic ring is 1. The predicted molar refractivity (Wildman–Crippen MR) is 104 cm³/mol. The number of aromatic nitrogens is 2. The molecule has 7 N–H and O–H groups in total. The highest BCUT2D eigenvalue weighted by molar-refractivity contribution is 6.33. The molecule has 3 rings (SSSR count). The lowest BCUT2D eigenvalue weighted by molar-refractivity contribution is -0.221. The lowest BCUT2D eigenvalue weighted by Crippen LogP contribution is -2.60. The molecule has 0 aliphatic carbocycles. The van der Waals surface area contributed by atoms with Gasteiger partial charge in [0.25, 0.3) is 0 Å². The summed E-state index contributed by atoms with van der Waals surface area (Å²) in [7, 11) is 0. The van der Waals surface area contributed by atoms with Crippen LogP contribution in [0, 0.1) is 0 Å². The molecule has 1 saturated heterocycles. The largest absolute Gasteiger partial charge is 0.394 e. The Bertz CT molecular complexity index is 838. The lowest BCUT2D eigenvalue weighted by Gasteiger charge is -2.40. The molecule has 9 nitrogen and oxygen atoms in total. The van der Waals surface area contributed by atoms with Crippen molar-refractivity contribution >= 4 is 23.4 Å². The molecule has 1 aromatic carbocycles. The predicted octanol–water partition coefficient (Wildman–Crippen LogP) is 0.153. The van der Waals surface area contributed by atoms with Crippen LogP contribution in [0.1, 0.15) is 12.6 Å². The van der Waals surface area contributed by atoms with Gasteiger partial charge in [-0.2, -0.15) is 4.98 Å². The number of hydrogen-bond acceptors (Lipinski definition) is 9. The summed E-state index contributed by atoms with van der Waals surface area (Å²) >= 11 is 6.28. The van der Waals surface area contributed by atoms with Crippen molar-refractivity contribution in [3.63, 3.8) is 0 Å². The first-order chi connectivity index (χ1) is 13.4. The number of aryl methyl sites for hydroxylation is 1. The Labute approximate surface area is 166 Å². The Morgan fingerprint density at radius 1 is 1.14 bits per heavy atom. The Balaban J connectivity index is 1.92. The maximum absolute atomic E-state index is 10.2. The van der Waals surface area contributed by atoms with E-state index in [-0.39, 0.29) is 11.8 Å². The van der Waals surface area contributed by atoms with Crippen molar-refractivity contribution in [2.75, 3.05) is 17.7 Å². The summed E-state index contributed by atoms with van der Waals surface area (Å²) in [5.74, 6) is 0.265. The fraction of sp³-hybridized carbons (Fsp3) is 0.444. The summed E-state index contributed by atoms with van der Waals surface area (Å²) in [5.41, 5.74) is 8.12. The second-order valence-electron chi connectivity index (χ2n) is 6.48. The van der Waals surface area contributed by atoms with Crippen LogP contribution in [0.15, 0.2) is 24.3 Å². The number of benzene rings is 1. The normalized spacial score (nSPS) is 27.6. The third-order valence-electron chi connectivity index (χ3n) is 4.65. The van der Waals surface area contributed by atoms with Crippen LogP contribution in [0.4, 0.5) is 11.8 Å². The van der Waals surface area contributed by atoms with E-state index in [0.717, 1.165) is 0 Å². The fourth-order valence-corrected chi connectivity index (χ4v) is 3.38. The number of nitrogens with zero attached hydrogens (tertiary/aromatic N) is 2. The average Bonchev–Trinajstić information content (AvgIpc) is 2.68. The quantitative estimate of drug-likeness (QED) is 0.404. The molecule has 28 heavy (non-hydrogen) atoms. The SMILES string of the molecule is CCc1nc(NC2O[C@H](CO)[C@H](O)[C@H](O)[C@H]2O)nc(N)c1-c1ccccc1Cl. The zero-order valence-electron chi connectivity index (χ0n) is 15.2. The molecule has 0 radical (unpaired) electrons. The van der Waals surface area contributed by atoms with Gasteiger partial charge >= 0.3 is 0 Å². The van der Waals surface area contributed by atoms with E-state index >= 15 is 0 Å². The molecule has 0 spiro atoms. The molecule has 10 heteroatoms. The topological polar surface area (TPSA) is 154 Å². The van der Waals surface area contributed by atoms with E-state index in [1.807, 2.05) is 25.1 Å². The minimum Gasteiger partial charge on any atom is -0.394 e. The van der Waals surface area contributed by atoms with Crippen LogP contribution in [0.3, 0.4) is 0 Å². The molecule has 0 amide bonds. The average molecular weight is 411 g/mol. The van der Waals surface area contributed by atoms with Crippen molar-refractivity contribution in [1.29, 1.82) is 0 Å². The minimum absolute atomic E-state index is 0.0782. The van der Waals surface area contributed by atoms with Gasteiger partial charge in [-0.1, -0.05) is 36.7 Å². The second-order valence-corrected chi connectivity index (χ2v) is 6.89. The van der Waals surface area contributed by atoms with Crippen molar-refractivity contribution in [1.82, 2.24) is 9.97 Å². The van der Waals surface area contributed by atoms with Crippen LogP contribution in [0.5, 0.6) is 0 Å². The van der Waals surface area contributed by atoms with Crippen LogP contribution < -0.4 is 11.1 Å². The summed E-state index contributed by atoms with van der Waals surface area (Å²) in [6.07, 6.45) is -6.06. The summed E-state index contributed by atoms with van der Waals surface area (Å²) in [5, 5.41) is 42.5. The van der Waals surface area contributed by atoms with Crippen molar-refractivity contribution in [2.24, 2.45) is 0 Å². The van der Waals surface area contributed by atoms with E-state index in [2.05, 4.69) is 15.3 Å². The van der Waals surface area contributed by atoms with Crippen molar-refractivity contribution in [2.45, 2.75) is 44.0 Å². The molecular weight excluding hydrogens is 388 g/mol. The number of nitrogens with two attached hydrogens (primary N) is 1. The molecular formula is C18H23ClN4O5. The maximum atomic E-state index is 10.2. The first-order valence-electron chi connectivity index (χ1n) is 8.85. The van der Waals surface area contributed by atoms with E-state index in [4.69, 9.17) is 22.1 Å². The molecule has 2 aromatic rings. The molecule has 1 unspecified atom stereocenters. The van der Waals surface area contributed by atoms with Crippen LogP contribution in [-0.4, -0.2) is 67.6 Å². The van der Waals surface area contributed by atoms with Crippen LogP contribution in [-0.2, 0) is 11.2 Å². The highest BCUT2D eigenvalue weighted by atomic mass is 35.5. The monoisotopic (exact) mass is 410 g/mol. The smallest absolute Gasteiger partial charge is 0.226 e. The molecule has 2 heterocycles. The Hall–Kier alpha value is -2.01. The minimum atomic E-state index is -1.51. The number of aliphatic hydroxyl groups is 4. The van der Waals surface area contributed by atoms with Gasteiger partial charge in [0.05, 0.1) is 12.3 Å². The van der Waals surface area contributed by atoms with Gasteiger partial charge in [0, 0.05) is 16.1 Å². The number of rotatable bonds is 5. The summed E-state index contributed by atoms with van der Waals surface area (Å²) in [4.78, 5) is 8.66. The standard InChI is InChI=1S/C18H23ClN4O5/c1-2-10-12(8-5-3-4-6-9(8)19)16(20)22-18(21-10)23-17-15(27)14(26)13(25)11(7-24)28-17/h3-6,11,13-15,17,24-27H,2,7H2,1H3,(H3,20,21,22,23)/t11-,13+,14+,15-,17?/m1/s1. The molecule has 5 atom stereocenters. The number of anilines is 2. The Kier molecular flexibility index (Phi) is 6.33. The zero-order valence-corrected chi connectivity index (χ0v) is 15.9. The van der Waals surface area contributed by atoms with E-state index < -0.39 is 37.3 Å². The number of ether oxygens (including phenoxy) is 1. The molecule has 1 fully saturated rings. The van der Waals surface area contributed by atoms with Gasteiger partial charge in [0.2, 0.25) is 5.95 Å². The van der Waals surface area contributed by atoms with E-state index in [9.17, 15) is 20.4 Å². The van der Waals surface area contributed by atoms with Gasteiger partial charge in [-0.25, -0.2) is 4.98 Å². The third-order valence-corrected chi connectivity index (χ3v) is 4.98. The van der Waals surface area contributed by atoms with Crippen LogP contribution in [0.25, 0.3) is 11.1 Å². The number of halogens is 1.